The van der Waals surface area contributed by atoms with E-state index in [2.05, 4.69) is 41.0 Å². The highest BCUT2D eigenvalue weighted by molar-refractivity contribution is 5.47. The number of hydrogen-bond donors (Lipinski definition) is 0. The zero-order valence-corrected chi connectivity index (χ0v) is 12.7. The van der Waals surface area contributed by atoms with E-state index in [0.29, 0.717) is 19.1 Å². The van der Waals surface area contributed by atoms with Crippen molar-refractivity contribution in [3.05, 3.63) is 29.8 Å². The molecule has 0 aromatic heterocycles. The molecule has 2 fully saturated rings. The Morgan fingerprint density at radius 1 is 0.952 bits per heavy atom. The van der Waals surface area contributed by atoms with Gasteiger partial charge < -0.3 is 4.90 Å². The molecular formula is C17H24F2N2. The molecule has 2 aliphatic rings. The first-order valence-corrected chi connectivity index (χ1v) is 7.97. The van der Waals surface area contributed by atoms with Crippen LogP contribution in [0, 0.1) is 6.92 Å². The van der Waals surface area contributed by atoms with E-state index in [0.717, 1.165) is 25.9 Å². The summed E-state index contributed by atoms with van der Waals surface area (Å²) in [6.45, 7) is 5.27. The fraction of sp³-hybridized carbons (Fsp3) is 0.647. The molecule has 0 bridgehead atoms. The van der Waals surface area contributed by atoms with Crippen LogP contribution in [0.4, 0.5) is 14.5 Å². The van der Waals surface area contributed by atoms with E-state index < -0.39 is 5.92 Å². The second-order valence-electron chi connectivity index (χ2n) is 6.45. The molecule has 0 N–H and O–H groups in total. The first-order valence-electron chi connectivity index (χ1n) is 7.97. The predicted molar refractivity (Wildman–Crippen MR) is 82.2 cm³/mol. The summed E-state index contributed by atoms with van der Waals surface area (Å²) in [7, 11) is 0. The number of hydrogen-bond acceptors (Lipinski definition) is 2. The molecule has 0 spiro atoms. The topological polar surface area (TPSA) is 6.48 Å². The normalized spacial score (nSPS) is 24.2. The maximum Gasteiger partial charge on any atom is 0.250 e. The van der Waals surface area contributed by atoms with E-state index in [4.69, 9.17) is 0 Å². The van der Waals surface area contributed by atoms with Gasteiger partial charge in [-0.2, -0.15) is 0 Å². The lowest BCUT2D eigenvalue weighted by atomic mass is 9.98. The van der Waals surface area contributed by atoms with Crippen LogP contribution in [0.2, 0.25) is 0 Å². The molecule has 0 aliphatic carbocycles. The van der Waals surface area contributed by atoms with Gasteiger partial charge in [-0.05, 0) is 31.9 Å². The van der Waals surface area contributed by atoms with E-state index in [1.54, 1.807) is 0 Å². The van der Waals surface area contributed by atoms with Gasteiger partial charge in [0.2, 0.25) is 0 Å². The lowest BCUT2D eigenvalue weighted by Crippen LogP contribution is -2.49. The number of rotatable bonds is 2. The summed E-state index contributed by atoms with van der Waals surface area (Å²) in [5.41, 5.74) is 2.56. The van der Waals surface area contributed by atoms with Crippen molar-refractivity contribution in [1.29, 1.82) is 0 Å². The van der Waals surface area contributed by atoms with Crippen molar-refractivity contribution < 1.29 is 8.78 Å². The molecule has 0 amide bonds. The fourth-order valence-corrected chi connectivity index (χ4v) is 3.46. The van der Waals surface area contributed by atoms with Crippen LogP contribution < -0.4 is 4.90 Å². The Kier molecular flexibility index (Phi) is 4.16. The third-order valence-electron chi connectivity index (χ3n) is 4.91. The zero-order valence-electron chi connectivity index (χ0n) is 12.7. The maximum atomic E-state index is 13.2. The highest BCUT2D eigenvalue weighted by atomic mass is 19.3. The van der Waals surface area contributed by atoms with E-state index in [9.17, 15) is 8.78 Å². The largest absolute Gasteiger partial charge is 0.371 e. The Bertz CT molecular complexity index is 454. The number of anilines is 1. The molecule has 2 heterocycles. The molecule has 4 heteroatoms. The van der Waals surface area contributed by atoms with Gasteiger partial charge in [-0.3, -0.25) is 4.90 Å². The van der Waals surface area contributed by atoms with Gasteiger partial charge in [0.1, 0.15) is 0 Å². The van der Waals surface area contributed by atoms with Crippen LogP contribution in [-0.4, -0.2) is 43.0 Å². The van der Waals surface area contributed by atoms with Gasteiger partial charge in [0.05, 0.1) is 0 Å². The molecule has 2 saturated heterocycles. The van der Waals surface area contributed by atoms with Crippen LogP contribution in [0.15, 0.2) is 24.3 Å². The SMILES string of the molecule is Cc1ccc(N2CCC(N3CCC(F)(F)CC3)CC2)cc1. The van der Waals surface area contributed by atoms with Crippen LogP contribution in [-0.2, 0) is 0 Å². The minimum atomic E-state index is -2.43. The number of nitrogens with zero attached hydrogens (tertiary/aromatic N) is 2. The summed E-state index contributed by atoms with van der Waals surface area (Å²) < 4.78 is 26.5. The smallest absolute Gasteiger partial charge is 0.250 e. The third kappa shape index (κ3) is 3.54. The van der Waals surface area contributed by atoms with Crippen molar-refractivity contribution in [1.82, 2.24) is 4.90 Å². The van der Waals surface area contributed by atoms with Crippen LogP contribution in [0.3, 0.4) is 0 Å². The van der Waals surface area contributed by atoms with Crippen molar-refractivity contribution in [3.8, 4) is 0 Å². The van der Waals surface area contributed by atoms with Crippen LogP contribution >= 0.6 is 0 Å². The average molecular weight is 294 g/mol. The lowest BCUT2D eigenvalue weighted by Gasteiger charge is -2.42. The van der Waals surface area contributed by atoms with Crippen molar-refractivity contribution >= 4 is 5.69 Å². The Morgan fingerprint density at radius 2 is 1.52 bits per heavy atom. The predicted octanol–water partition coefficient (Wildman–Crippen LogP) is 3.69. The van der Waals surface area contributed by atoms with E-state index in [-0.39, 0.29) is 12.8 Å². The molecule has 21 heavy (non-hydrogen) atoms. The van der Waals surface area contributed by atoms with Gasteiger partial charge in [0.15, 0.2) is 0 Å². The van der Waals surface area contributed by atoms with Crippen LogP contribution in [0.25, 0.3) is 0 Å². The summed E-state index contributed by atoms with van der Waals surface area (Å²) in [5, 5.41) is 0. The molecular weight excluding hydrogens is 270 g/mol. The van der Waals surface area contributed by atoms with E-state index in [1.165, 1.54) is 11.3 Å². The summed E-state index contributed by atoms with van der Waals surface area (Å²) in [4.78, 5) is 4.69. The number of halogens is 2. The summed E-state index contributed by atoms with van der Waals surface area (Å²) >= 11 is 0. The fourth-order valence-electron chi connectivity index (χ4n) is 3.46. The Labute approximate surface area is 125 Å². The molecule has 1 aromatic carbocycles. The summed E-state index contributed by atoms with van der Waals surface area (Å²) in [6, 6.07) is 9.14. The van der Waals surface area contributed by atoms with Gasteiger partial charge in [0.25, 0.3) is 5.92 Å². The second kappa shape index (κ2) is 5.91. The molecule has 1 aromatic rings. The molecule has 0 radical (unpaired) electrons. The number of alkyl halides is 2. The summed E-state index contributed by atoms with van der Waals surface area (Å²) in [6.07, 6.45) is 2.23. The van der Waals surface area contributed by atoms with Crippen LogP contribution in [0.1, 0.15) is 31.2 Å². The minimum absolute atomic E-state index is 0.0329. The highest BCUT2D eigenvalue weighted by Crippen LogP contribution is 2.31. The first-order chi connectivity index (χ1) is 10.0. The molecule has 116 valence electrons. The monoisotopic (exact) mass is 294 g/mol. The third-order valence-corrected chi connectivity index (χ3v) is 4.91. The van der Waals surface area contributed by atoms with Gasteiger partial charge in [0, 0.05) is 50.7 Å². The van der Waals surface area contributed by atoms with Crippen molar-refractivity contribution in [2.45, 2.75) is 44.6 Å². The molecule has 3 rings (SSSR count). The van der Waals surface area contributed by atoms with Crippen molar-refractivity contribution in [2.24, 2.45) is 0 Å². The number of likely N-dealkylation sites (tertiary alicyclic amines) is 1. The lowest BCUT2D eigenvalue weighted by molar-refractivity contribution is -0.0646. The zero-order chi connectivity index (χ0) is 14.9. The molecule has 2 aliphatic heterocycles. The van der Waals surface area contributed by atoms with Gasteiger partial charge in [-0.1, -0.05) is 17.7 Å². The Morgan fingerprint density at radius 3 is 2.10 bits per heavy atom. The molecule has 0 saturated carbocycles. The van der Waals surface area contributed by atoms with Gasteiger partial charge >= 0.3 is 0 Å². The molecule has 0 unspecified atom stereocenters. The molecule has 2 nitrogen and oxygen atoms in total. The van der Waals surface area contributed by atoms with E-state index >= 15 is 0 Å². The summed E-state index contributed by atoms with van der Waals surface area (Å²) in [5.74, 6) is -2.43. The maximum absolute atomic E-state index is 13.2. The minimum Gasteiger partial charge on any atom is -0.371 e. The molecule has 0 atom stereocenters. The number of benzene rings is 1. The number of aryl methyl sites for hydroxylation is 1. The van der Waals surface area contributed by atoms with Gasteiger partial charge in [-0.15, -0.1) is 0 Å². The highest BCUT2D eigenvalue weighted by Gasteiger charge is 2.36. The van der Waals surface area contributed by atoms with Crippen molar-refractivity contribution in [3.63, 3.8) is 0 Å². The van der Waals surface area contributed by atoms with Gasteiger partial charge in [-0.25, -0.2) is 8.78 Å². The Balaban J connectivity index is 1.52. The second-order valence-corrected chi connectivity index (χ2v) is 6.45. The van der Waals surface area contributed by atoms with E-state index in [1.807, 2.05) is 0 Å². The first kappa shape index (κ1) is 14.8. The average Bonchev–Trinajstić information content (AvgIpc) is 2.48. The van der Waals surface area contributed by atoms with Crippen LogP contribution in [0.5, 0.6) is 0 Å². The Hall–Kier alpha value is -1.16. The standard InChI is InChI=1S/C17H24F2N2/c1-14-2-4-15(5-3-14)20-10-6-16(7-11-20)21-12-8-17(18,19)9-13-21/h2-5,16H,6-13H2,1H3. The number of piperidine rings is 2. The quantitative estimate of drug-likeness (QED) is 0.820. The van der Waals surface area contributed by atoms with Crippen molar-refractivity contribution in [2.75, 3.05) is 31.1 Å².